The molecule has 1 fully saturated rings. The van der Waals surface area contributed by atoms with Gasteiger partial charge in [0.05, 0.1) is 11.7 Å². The molecule has 1 N–H and O–H groups in total. The summed E-state index contributed by atoms with van der Waals surface area (Å²) in [4.78, 5) is 35.1. The summed E-state index contributed by atoms with van der Waals surface area (Å²) in [6, 6.07) is 7.23. The Labute approximate surface area is 146 Å². The number of imide groups is 1. The van der Waals surface area contributed by atoms with E-state index in [1.165, 1.54) is 6.08 Å². The number of nitrogens with zero attached hydrogens (tertiary/aromatic N) is 1. The van der Waals surface area contributed by atoms with Crippen LogP contribution in [0.4, 0.5) is 0 Å². The van der Waals surface area contributed by atoms with E-state index in [0.717, 1.165) is 18.4 Å². The number of esters is 1. The molecule has 1 heterocycles. The van der Waals surface area contributed by atoms with Crippen molar-refractivity contribution in [2.24, 2.45) is 0 Å². The van der Waals surface area contributed by atoms with E-state index in [4.69, 9.17) is 9.47 Å². The second-order valence-corrected chi connectivity index (χ2v) is 5.87. The van der Waals surface area contributed by atoms with Crippen LogP contribution < -0.4 is 5.32 Å². The van der Waals surface area contributed by atoms with Gasteiger partial charge in [-0.2, -0.15) is 0 Å². The summed E-state index contributed by atoms with van der Waals surface area (Å²) < 4.78 is 11.1. The van der Waals surface area contributed by atoms with Crippen molar-refractivity contribution in [3.63, 3.8) is 0 Å². The molecule has 134 valence electrons. The van der Waals surface area contributed by atoms with Gasteiger partial charge in [0.1, 0.15) is 12.8 Å². The summed E-state index contributed by atoms with van der Waals surface area (Å²) in [5, 5.41) is 2.02. The number of carbonyl (C=O) groups is 3. The first-order valence-corrected chi connectivity index (χ1v) is 8.03. The molecule has 7 nitrogen and oxygen atoms in total. The zero-order chi connectivity index (χ0) is 18.2. The molecule has 0 aromatic heterocycles. The summed E-state index contributed by atoms with van der Waals surface area (Å²) in [5.74, 6) is -0.863. The smallest absolute Gasteiger partial charge is 0.338 e. The first kappa shape index (κ1) is 18.7. The van der Waals surface area contributed by atoms with Gasteiger partial charge in [0, 0.05) is 19.3 Å². The van der Waals surface area contributed by atoms with Crippen LogP contribution in [0.15, 0.2) is 36.5 Å². The normalized spacial score (nSPS) is 19.6. The monoisotopic (exact) mass is 346 g/mol. The molecule has 7 heteroatoms. The lowest BCUT2D eigenvalue weighted by Crippen LogP contribution is -2.29. The number of aryl methyl sites for hydroxylation is 1. The molecule has 1 aliphatic heterocycles. The maximum absolute atomic E-state index is 12.0. The van der Waals surface area contributed by atoms with Crippen LogP contribution in [0.5, 0.6) is 0 Å². The molecule has 0 bridgehead atoms. The predicted molar refractivity (Wildman–Crippen MR) is 90.5 cm³/mol. The lowest BCUT2D eigenvalue weighted by atomic mass is 10.1. The van der Waals surface area contributed by atoms with Crippen molar-refractivity contribution in [1.82, 2.24) is 10.2 Å². The van der Waals surface area contributed by atoms with E-state index in [2.05, 4.69) is 0 Å². The fraction of sp³-hybridized carbons (Fsp3) is 0.389. The lowest BCUT2D eigenvalue weighted by molar-refractivity contribution is -0.121. The van der Waals surface area contributed by atoms with Crippen LogP contribution >= 0.6 is 0 Å². The van der Waals surface area contributed by atoms with Crippen molar-refractivity contribution in [3.8, 4) is 0 Å². The average Bonchev–Trinajstić information content (AvgIpc) is 3.07. The average molecular weight is 346 g/mol. The maximum atomic E-state index is 12.0. The Morgan fingerprint density at radius 2 is 2.20 bits per heavy atom. The highest BCUT2D eigenvalue weighted by molar-refractivity contribution is 5.94. The van der Waals surface area contributed by atoms with Gasteiger partial charge in [-0.3, -0.25) is 14.9 Å². The second-order valence-electron chi connectivity index (χ2n) is 5.87. The minimum absolute atomic E-state index is 0.182. The second kappa shape index (κ2) is 8.98. The van der Waals surface area contributed by atoms with Crippen LogP contribution in [0, 0.1) is 6.92 Å². The largest absolute Gasteiger partial charge is 0.459 e. The molecule has 0 spiro atoms. The number of ether oxygens (including phenoxy) is 2. The van der Waals surface area contributed by atoms with Gasteiger partial charge in [0.2, 0.25) is 6.41 Å². The van der Waals surface area contributed by atoms with Crippen LogP contribution in [0.25, 0.3) is 0 Å². The van der Waals surface area contributed by atoms with E-state index in [0.29, 0.717) is 12.0 Å². The molecular weight excluding hydrogens is 324 g/mol. The summed E-state index contributed by atoms with van der Waals surface area (Å²) in [6.45, 7) is 2.10. The zero-order valence-corrected chi connectivity index (χ0v) is 14.3. The standard InChI is InChI=1S/C18H22N2O5/c1-13-4-3-5-14(10-13)18(23)24-11-15-6-7-17(25-15)20(2)9-8-16(22)19-12-21/h3-5,8-10,12,15,17H,6-7,11H2,1-2H3,(H,19,21,22)/b9-8-. The Balaban J connectivity index is 1.77. The van der Waals surface area contributed by atoms with Gasteiger partial charge >= 0.3 is 5.97 Å². The van der Waals surface area contributed by atoms with Crippen molar-refractivity contribution in [2.45, 2.75) is 32.1 Å². The number of hydrogen-bond acceptors (Lipinski definition) is 6. The number of nitrogens with one attached hydrogen (secondary N) is 1. The Morgan fingerprint density at radius 1 is 1.40 bits per heavy atom. The fourth-order valence-electron chi connectivity index (χ4n) is 2.52. The molecule has 25 heavy (non-hydrogen) atoms. The van der Waals surface area contributed by atoms with Gasteiger partial charge < -0.3 is 14.4 Å². The number of carbonyl (C=O) groups excluding carboxylic acids is 3. The Hall–Kier alpha value is -2.67. The SMILES string of the molecule is Cc1cccc(C(=O)OCC2CCC(N(C)/C=C\C(=O)NC=O)O2)c1. The molecule has 0 aliphatic carbocycles. The van der Waals surface area contributed by atoms with Crippen molar-refractivity contribution >= 4 is 18.3 Å². The Kier molecular flexibility index (Phi) is 6.71. The van der Waals surface area contributed by atoms with Crippen molar-refractivity contribution in [1.29, 1.82) is 0 Å². The predicted octanol–water partition coefficient (Wildman–Crippen LogP) is 1.38. The molecular formula is C18H22N2O5. The summed E-state index contributed by atoms with van der Waals surface area (Å²) in [7, 11) is 1.77. The van der Waals surface area contributed by atoms with Gasteiger partial charge in [0.25, 0.3) is 5.91 Å². The summed E-state index contributed by atoms with van der Waals surface area (Å²) in [5.41, 5.74) is 1.52. The Morgan fingerprint density at radius 3 is 2.92 bits per heavy atom. The van der Waals surface area contributed by atoms with Crippen LogP contribution in [0.1, 0.15) is 28.8 Å². The molecule has 2 rings (SSSR count). The van der Waals surface area contributed by atoms with E-state index in [-0.39, 0.29) is 24.9 Å². The van der Waals surface area contributed by atoms with Crippen molar-refractivity contribution in [2.75, 3.05) is 13.7 Å². The summed E-state index contributed by atoms with van der Waals surface area (Å²) >= 11 is 0. The van der Waals surface area contributed by atoms with Crippen LogP contribution in [-0.4, -0.2) is 49.2 Å². The molecule has 2 amide bonds. The van der Waals surface area contributed by atoms with Crippen LogP contribution in [-0.2, 0) is 19.1 Å². The number of amides is 2. The minimum Gasteiger partial charge on any atom is -0.459 e. The van der Waals surface area contributed by atoms with Crippen molar-refractivity contribution in [3.05, 3.63) is 47.7 Å². The van der Waals surface area contributed by atoms with Crippen LogP contribution in [0.2, 0.25) is 0 Å². The molecule has 1 aliphatic rings. The molecule has 0 saturated carbocycles. The summed E-state index contributed by atoms with van der Waals surface area (Å²) in [6.07, 6.45) is 4.25. The van der Waals surface area contributed by atoms with Gasteiger partial charge in [-0.1, -0.05) is 17.7 Å². The highest BCUT2D eigenvalue weighted by Crippen LogP contribution is 2.22. The molecule has 1 saturated heterocycles. The third-order valence-corrected chi connectivity index (χ3v) is 3.86. The van der Waals surface area contributed by atoms with E-state index in [9.17, 15) is 14.4 Å². The molecule has 2 unspecified atom stereocenters. The first-order valence-electron chi connectivity index (χ1n) is 8.03. The molecule has 0 radical (unpaired) electrons. The topological polar surface area (TPSA) is 84.9 Å². The van der Waals surface area contributed by atoms with E-state index < -0.39 is 5.91 Å². The molecule has 2 atom stereocenters. The van der Waals surface area contributed by atoms with Gasteiger partial charge in [-0.05, 0) is 31.9 Å². The fourth-order valence-corrected chi connectivity index (χ4v) is 2.52. The minimum atomic E-state index is -0.497. The van der Waals surface area contributed by atoms with E-state index in [1.54, 1.807) is 30.3 Å². The maximum Gasteiger partial charge on any atom is 0.338 e. The van der Waals surface area contributed by atoms with Crippen LogP contribution in [0.3, 0.4) is 0 Å². The molecule has 1 aromatic rings. The third kappa shape index (κ3) is 5.72. The Bertz CT molecular complexity index is 659. The number of rotatable bonds is 7. The van der Waals surface area contributed by atoms with Gasteiger partial charge in [0.15, 0.2) is 0 Å². The quantitative estimate of drug-likeness (QED) is 0.456. The first-order chi connectivity index (χ1) is 12.0. The van der Waals surface area contributed by atoms with E-state index >= 15 is 0 Å². The van der Waals surface area contributed by atoms with Crippen molar-refractivity contribution < 1.29 is 23.9 Å². The van der Waals surface area contributed by atoms with E-state index in [1.807, 2.05) is 24.4 Å². The van der Waals surface area contributed by atoms with Gasteiger partial charge in [-0.25, -0.2) is 4.79 Å². The highest BCUT2D eigenvalue weighted by Gasteiger charge is 2.28. The zero-order valence-electron chi connectivity index (χ0n) is 14.3. The van der Waals surface area contributed by atoms with Gasteiger partial charge in [-0.15, -0.1) is 0 Å². The number of benzene rings is 1. The highest BCUT2D eigenvalue weighted by atomic mass is 16.6. The molecule has 1 aromatic carbocycles. The lowest BCUT2D eigenvalue weighted by Gasteiger charge is -2.22. The number of hydrogen-bond donors (Lipinski definition) is 1. The third-order valence-electron chi connectivity index (χ3n) is 3.86.